The highest BCUT2D eigenvalue weighted by Gasteiger charge is 2.16. The number of allylic oxidation sites excluding steroid dienone is 1. The fraction of sp³-hybridized carbons (Fsp3) is 0.231. The highest BCUT2D eigenvalue weighted by molar-refractivity contribution is 14.1. The van der Waals surface area contributed by atoms with E-state index in [1.54, 1.807) is 0 Å². The molecule has 0 spiro atoms. The van der Waals surface area contributed by atoms with E-state index in [1.807, 2.05) is 0 Å². The summed E-state index contributed by atoms with van der Waals surface area (Å²) in [7, 11) is 0. The molecule has 0 aromatic heterocycles. The van der Waals surface area contributed by atoms with Crippen LogP contribution in [-0.2, 0) is 0 Å². The van der Waals surface area contributed by atoms with Crippen molar-refractivity contribution < 1.29 is 4.74 Å². The molecule has 0 amide bonds. The summed E-state index contributed by atoms with van der Waals surface area (Å²) >= 11 is 2.36. The molecule has 1 fully saturated rings. The number of benzene rings is 3. The standard InChI is InChI=1S/C26H26INO/c1-2-25(20-6-4-3-5-7-20)26(21-8-12-23(27)13-9-21)22-10-14-24(15-11-22)29-19-18-28-16-17-28/h3-15H,2,16-19H2,1H3/b26-25-. The largest absolute Gasteiger partial charge is 0.492 e. The topological polar surface area (TPSA) is 12.2 Å². The van der Waals surface area contributed by atoms with Crippen molar-refractivity contribution in [1.29, 1.82) is 0 Å². The molecule has 2 nitrogen and oxygen atoms in total. The second-order valence-corrected chi connectivity index (χ2v) is 8.54. The van der Waals surface area contributed by atoms with Crippen molar-refractivity contribution in [2.45, 2.75) is 13.3 Å². The molecule has 1 heterocycles. The molecule has 29 heavy (non-hydrogen) atoms. The highest BCUT2D eigenvalue weighted by Crippen LogP contribution is 2.35. The predicted molar refractivity (Wildman–Crippen MR) is 130 cm³/mol. The third-order valence-electron chi connectivity index (χ3n) is 5.27. The molecule has 148 valence electrons. The number of ether oxygens (including phenoxy) is 1. The van der Waals surface area contributed by atoms with Gasteiger partial charge >= 0.3 is 0 Å². The minimum atomic E-state index is 0.753. The summed E-state index contributed by atoms with van der Waals surface area (Å²) in [5, 5.41) is 0. The molecule has 3 aromatic carbocycles. The molecule has 3 heteroatoms. The highest BCUT2D eigenvalue weighted by atomic mass is 127. The average molecular weight is 495 g/mol. The second kappa shape index (κ2) is 9.59. The molecule has 4 rings (SSSR count). The Morgan fingerprint density at radius 3 is 2.03 bits per heavy atom. The molecule has 0 atom stereocenters. The molecule has 1 aliphatic rings. The zero-order valence-electron chi connectivity index (χ0n) is 16.8. The summed E-state index contributed by atoms with van der Waals surface area (Å²) < 4.78 is 7.17. The Kier molecular flexibility index (Phi) is 6.67. The first-order valence-electron chi connectivity index (χ1n) is 10.2. The number of hydrogen-bond donors (Lipinski definition) is 0. The zero-order valence-corrected chi connectivity index (χ0v) is 18.9. The van der Waals surface area contributed by atoms with Crippen LogP contribution in [0.2, 0.25) is 0 Å². The van der Waals surface area contributed by atoms with E-state index in [0.717, 1.165) is 25.3 Å². The quantitative estimate of drug-likeness (QED) is 0.205. The maximum absolute atomic E-state index is 5.93. The van der Waals surface area contributed by atoms with Gasteiger partial charge in [-0.05, 0) is 81.1 Å². The lowest BCUT2D eigenvalue weighted by atomic mass is 9.88. The van der Waals surface area contributed by atoms with Crippen molar-refractivity contribution >= 4 is 33.7 Å². The fourth-order valence-corrected chi connectivity index (χ4v) is 3.96. The first-order valence-corrected chi connectivity index (χ1v) is 11.3. The van der Waals surface area contributed by atoms with E-state index in [1.165, 1.54) is 44.5 Å². The maximum Gasteiger partial charge on any atom is 0.119 e. The SMILES string of the molecule is CC/C(=C(\c1ccc(I)cc1)c1ccc(OCCN2CC2)cc1)c1ccccc1. The summed E-state index contributed by atoms with van der Waals surface area (Å²) in [6.07, 6.45) is 0.972. The van der Waals surface area contributed by atoms with Gasteiger partial charge in [0.1, 0.15) is 12.4 Å². The summed E-state index contributed by atoms with van der Waals surface area (Å²) in [5.74, 6) is 0.940. The van der Waals surface area contributed by atoms with Crippen LogP contribution in [-0.4, -0.2) is 31.1 Å². The first kappa shape index (κ1) is 20.2. The fourth-order valence-electron chi connectivity index (χ4n) is 3.60. The third kappa shape index (κ3) is 5.28. The second-order valence-electron chi connectivity index (χ2n) is 7.29. The van der Waals surface area contributed by atoms with Gasteiger partial charge in [-0.2, -0.15) is 0 Å². The number of hydrogen-bond acceptors (Lipinski definition) is 2. The minimum absolute atomic E-state index is 0.753. The van der Waals surface area contributed by atoms with E-state index in [0.29, 0.717) is 0 Å². The van der Waals surface area contributed by atoms with E-state index in [9.17, 15) is 0 Å². The van der Waals surface area contributed by atoms with Gasteiger partial charge in [-0.25, -0.2) is 0 Å². The lowest BCUT2D eigenvalue weighted by Crippen LogP contribution is -2.10. The van der Waals surface area contributed by atoms with E-state index < -0.39 is 0 Å². The third-order valence-corrected chi connectivity index (χ3v) is 5.99. The molecule has 0 bridgehead atoms. The first-order chi connectivity index (χ1) is 14.2. The monoisotopic (exact) mass is 495 g/mol. The molecule has 0 aliphatic carbocycles. The van der Waals surface area contributed by atoms with Gasteiger partial charge in [0.2, 0.25) is 0 Å². The van der Waals surface area contributed by atoms with Gasteiger partial charge in [0.05, 0.1) is 0 Å². The molecule has 3 aromatic rings. The minimum Gasteiger partial charge on any atom is -0.492 e. The molecule has 0 saturated carbocycles. The lowest BCUT2D eigenvalue weighted by Gasteiger charge is -2.17. The summed E-state index contributed by atoms with van der Waals surface area (Å²) in [4.78, 5) is 2.37. The van der Waals surface area contributed by atoms with Crippen LogP contribution in [0.3, 0.4) is 0 Å². The average Bonchev–Trinajstić information content (AvgIpc) is 3.59. The van der Waals surface area contributed by atoms with Crippen LogP contribution in [0, 0.1) is 3.57 Å². The van der Waals surface area contributed by atoms with Crippen LogP contribution in [0.4, 0.5) is 0 Å². The van der Waals surface area contributed by atoms with E-state index >= 15 is 0 Å². The van der Waals surface area contributed by atoms with Gasteiger partial charge in [0.15, 0.2) is 0 Å². The van der Waals surface area contributed by atoms with Crippen LogP contribution < -0.4 is 4.74 Å². The van der Waals surface area contributed by atoms with Gasteiger partial charge in [-0.1, -0.05) is 61.5 Å². The van der Waals surface area contributed by atoms with Crippen LogP contribution in [0.25, 0.3) is 11.1 Å². The lowest BCUT2D eigenvalue weighted by molar-refractivity contribution is 0.292. The smallest absolute Gasteiger partial charge is 0.119 e. The van der Waals surface area contributed by atoms with Gasteiger partial charge < -0.3 is 4.74 Å². The summed E-state index contributed by atoms with van der Waals surface area (Å²) in [6, 6.07) is 28.1. The molecule has 1 saturated heterocycles. The predicted octanol–water partition coefficient (Wildman–Crippen LogP) is 6.35. The van der Waals surface area contributed by atoms with Crippen LogP contribution in [0.1, 0.15) is 30.0 Å². The normalized spacial score (nSPS) is 14.4. The van der Waals surface area contributed by atoms with Gasteiger partial charge in [0, 0.05) is 23.2 Å². The summed E-state index contributed by atoms with van der Waals surface area (Å²) in [5.41, 5.74) is 6.42. The van der Waals surface area contributed by atoms with Gasteiger partial charge in [0.25, 0.3) is 0 Å². The molecule has 0 unspecified atom stereocenters. The Hall–Kier alpha value is -2.11. The Balaban J connectivity index is 1.69. The van der Waals surface area contributed by atoms with Crippen LogP contribution >= 0.6 is 22.6 Å². The Labute approximate surface area is 187 Å². The molecule has 0 radical (unpaired) electrons. The Morgan fingerprint density at radius 1 is 0.828 bits per heavy atom. The zero-order chi connectivity index (χ0) is 20.1. The van der Waals surface area contributed by atoms with Crippen LogP contribution in [0.5, 0.6) is 5.75 Å². The van der Waals surface area contributed by atoms with Crippen molar-refractivity contribution in [3.63, 3.8) is 0 Å². The maximum atomic E-state index is 5.93. The molecule has 1 aliphatic heterocycles. The van der Waals surface area contributed by atoms with Gasteiger partial charge in [-0.3, -0.25) is 4.90 Å². The summed E-state index contributed by atoms with van der Waals surface area (Å²) in [6.45, 7) is 6.43. The van der Waals surface area contributed by atoms with E-state index in [-0.39, 0.29) is 0 Å². The molecular formula is C26H26INO. The number of halogens is 1. The van der Waals surface area contributed by atoms with Crippen molar-refractivity contribution in [3.05, 3.63) is 99.1 Å². The molecular weight excluding hydrogens is 469 g/mol. The number of nitrogens with zero attached hydrogens (tertiary/aromatic N) is 1. The van der Waals surface area contributed by atoms with Crippen molar-refractivity contribution in [2.24, 2.45) is 0 Å². The molecule has 0 N–H and O–H groups in total. The van der Waals surface area contributed by atoms with Crippen molar-refractivity contribution in [2.75, 3.05) is 26.2 Å². The van der Waals surface area contributed by atoms with Crippen molar-refractivity contribution in [3.8, 4) is 5.75 Å². The van der Waals surface area contributed by atoms with E-state index in [4.69, 9.17) is 4.74 Å². The van der Waals surface area contributed by atoms with Gasteiger partial charge in [-0.15, -0.1) is 0 Å². The van der Waals surface area contributed by atoms with Crippen LogP contribution in [0.15, 0.2) is 78.9 Å². The Bertz CT molecular complexity index is 958. The number of rotatable bonds is 8. The van der Waals surface area contributed by atoms with Crippen molar-refractivity contribution in [1.82, 2.24) is 4.90 Å². The Morgan fingerprint density at radius 2 is 1.45 bits per heavy atom. The van der Waals surface area contributed by atoms with E-state index in [2.05, 4.69) is 113 Å².